The van der Waals surface area contributed by atoms with Crippen molar-refractivity contribution in [2.75, 3.05) is 6.54 Å². The maximum atomic E-state index is 11.7. The van der Waals surface area contributed by atoms with Gasteiger partial charge in [-0.25, -0.2) is 0 Å². The molecule has 3 aliphatic heterocycles. The summed E-state index contributed by atoms with van der Waals surface area (Å²) in [6, 6.07) is 0. The van der Waals surface area contributed by atoms with Crippen LogP contribution in [0.1, 0.15) is 0 Å². The lowest BCUT2D eigenvalue weighted by atomic mass is 9.85. The molecule has 4 atom stereocenters. The van der Waals surface area contributed by atoms with E-state index in [1.165, 1.54) is 0 Å². The van der Waals surface area contributed by atoms with E-state index in [0.717, 1.165) is 5.01 Å². The van der Waals surface area contributed by atoms with Crippen LogP contribution in [-0.2, 0) is 9.53 Å². The van der Waals surface area contributed by atoms with Gasteiger partial charge in [0.25, 0.3) is 5.91 Å². The van der Waals surface area contributed by atoms with Crippen LogP contribution in [0, 0.1) is 10.8 Å². The van der Waals surface area contributed by atoms with Crippen molar-refractivity contribution in [2.24, 2.45) is 11.2 Å². The molecule has 0 aromatic heterocycles. The van der Waals surface area contributed by atoms with E-state index in [1.807, 2.05) is 12.2 Å². The lowest BCUT2D eigenvalue weighted by Gasteiger charge is -2.19. The summed E-state index contributed by atoms with van der Waals surface area (Å²) in [4.78, 5) is 22.1. The summed E-state index contributed by atoms with van der Waals surface area (Å²) in [6.07, 6.45) is 3.90. The third kappa shape index (κ3) is 0.813. The molecule has 0 aliphatic carbocycles. The predicted octanol–water partition coefficient (Wildman–Crippen LogP) is 0.637. The van der Waals surface area contributed by atoms with Crippen molar-refractivity contribution in [3.8, 4) is 0 Å². The summed E-state index contributed by atoms with van der Waals surface area (Å²) < 4.78 is 5.84. The molecule has 0 saturated carbocycles. The van der Waals surface area contributed by atoms with Gasteiger partial charge < -0.3 is 4.74 Å². The molecule has 0 aromatic rings. The zero-order valence-electron chi connectivity index (χ0n) is 7.09. The molecule has 1 spiro atoms. The van der Waals surface area contributed by atoms with Crippen LogP contribution in [0.3, 0.4) is 0 Å². The molecule has 3 aliphatic rings. The summed E-state index contributed by atoms with van der Waals surface area (Å²) in [5.74, 6) is -0.429. The number of hydrogen-bond donors (Lipinski definition) is 0. The second kappa shape index (κ2) is 2.54. The molecular formula is C8H7IN2O3. The van der Waals surface area contributed by atoms with E-state index in [-0.39, 0.29) is 28.4 Å². The van der Waals surface area contributed by atoms with Gasteiger partial charge in [-0.05, 0) is 0 Å². The standard InChI is InChI=1S/C8H7IN2O3/c9-6-4-1-2-8(14-4)3-11(10-13)7(12)5(6)8/h1-2,4-6H,3H2/t4-,5+,6-,8-/m0/s1. The number of alkyl halides is 1. The maximum Gasteiger partial charge on any atom is 0.252 e. The largest absolute Gasteiger partial charge is 0.360 e. The van der Waals surface area contributed by atoms with E-state index < -0.39 is 5.60 Å². The number of amides is 1. The number of nitroso groups, excluding NO2 is 1. The highest BCUT2D eigenvalue weighted by Gasteiger charge is 2.65. The Balaban J connectivity index is 2.06. The molecule has 74 valence electrons. The molecule has 3 rings (SSSR count). The fraction of sp³-hybridized carbons (Fsp3) is 0.625. The summed E-state index contributed by atoms with van der Waals surface area (Å²) in [5.41, 5.74) is -0.568. The van der Waals surface area contributed by atoms with Gasteiger partial charge in [-0.3, -0.25) is 4.79 Å². The molecule has 0 unspecified atom stereocenters. The highest BCUT2D eigenvalue weighted by atomic mass is 127. The number of carbonyl (C=O) groups excluding carboxylic acids is 1. The third-order valence-corrected chi connectivity index (χ3v) is 4.53. The highest BCUT2D eigenvalue weighted by Crippen LogP contribution is 2.51. The first-order valence-electron chi connectivity index (χ1n) is 4.34. The van der Waals surface area contributed by atoms with Crippen molar-refractivity contribution in [1.29, 1.82) is 0 Å². The van der Waals surface area contributed by atoms with Gasteiger partial charge in [0.1, 0.15) is 5.60 Å². The third-order valence-electron chi connectivity index (χ3n) is 3.10. The van der Waals surface area contributed by atoms with E-state index in [0.29, 0.717) is 0 Å². The first-order valence-corrected chi connectivity index (χ1v) is 5.58. The second-order valence-corrected chi connectivity index (χ2v) is 5.23. The first-order chi connectivity index (χ1) is 6.68. The van der Waals surface area contributed by atoms with Crippen molar-refractivity contribution < 1.29 is 9.53 Å². The average molecular weight is 306 g/mol. The van der Waals surface area contributed by atoms with Crippen LogP contribution < -0.4 is 0 Å². The fourth-order valence-corrected chi connectivity index (χ4v) is 3.77. The minimum absolute atomic E-state index is 0.0263. The van der Waals surface area contributed by atoms with E-state index >= 15 is 0 Å². The number of rotatable bonds is 1. The fourth-order valence-electron chi connectivity index (χ4n) is 2.47. The number of ether oxygens (including phenoxy) is 1. The molecule has 3 heterocycles. The highest BCUT2D eigenvalue weighted by molar-refractivity contribution is 14.1. The Labute approximate surface area is 93.5 Å². The van der Waals surface area contributed by atoms with Gasteiger partial charge in [-0.15, -0.1) is 4.91 Å². The summed E-state index contributed by atoms with van der Waals surface area (Å²) in [6.45, 7) is 0.270. The molecule has 0 radical (unpaired) electrons. The van der Waals surface area contributed by atoms with E-state index in [1.54, 1.807) is 0 Å². The maximum absolute atomic E-state index is 11.7. The number of hydrogen-bond acceptors (Lipinski definition) is 4. The Kier molecular flexibility index (Phi) is 1.59. The molecular weight excluding hydrogens is 299 g/mol. The van der Waals surface area contributed by atoms with E-state index in [4.69, 9.17) is 4.74 Å². The minimum atomic E-state index is -0.568. The van der Waals surface area contributed by atoms with Crippen molar-refractivity contribution in [3.63, 3.8) is 0 Å². The van der Waals surface area contributed by atoms with Crippen molar-refractivity contribution in [1.82, 2.24) is 5.01 Å². The lowest BCUT2D eigenvalue weighted by Crippen LogP contribution is -2.35. The zero-order valence-corrected chi connectivity index (χ0v) is 9.25. The van der Waals surface area contributed by atoms with Crippen LogP contribution in [-0.4, -0.2) is 33.1 Å². The molecule has 2 bridgehead atoms. The number of nitrogens with zero attached hydrogens (tertiary/aromatic N) is 2. The van der Waals surface area contributed by atoms with Gasteiger partial charge in [0.05, 0.1) is 27.8 Å². The Morgan fingerprint density at radius 1 is 1.71 bits per heavy atom. The SMILES string of the molecule is O=NN1C[C@]23C=C[C@H](O2)[C@H](I)[C@@H]3C1=O. The second-order valence-electron chi connectivity index (χ2n) is 3.80. The van der Waals surface area contributed by atoms with Gasteiger partial charge in [-0.2, -0.15) is 5.01 Å². The monoisotopic (exact) mass is 306 g/mol. The van der Waals surface area contributed by atoms with Gasteiger partial charge in [-0.1, -0.05) is 34.7 Å². The summed E-state index contributed by atoms with van der Waals surface area (Å²) in [5, 5.41) is 3.69. The molecule has 14 heavy (non-hydrogen) atoms. The van der Waals surface area contributed by atoms with Crippen molar-refractivity contribution in [3.05, 3.63) is 17.1 Å². The van der Waals surface area contributed by atoms with Gasteiger partial charge >= 0.3 is 0 Å². The minimum Gasteiger partial charge on any atom is -0.360 e. The Morgan fingerprint density at radius 2 is 2.50 bits per heavy atom. The molecule has 5 nitrogen and oxygen atoms in total. The average Bonchev–Trinajstić information content (AvgIpc) is 2.77. The lowest BCUT2D eigenvalue weighted by molar-refractivity contribution is -0.131. The molecule has 2 saturated heterocycles. The van der Waals surface area contributed by atoms with Crippen LogP contribution in [0.5, 0.6) is 0 Å². The van der Waals surface area contributed by atoms with Crippen LogP contribution in [0.25, 0.3) is 0 Å². The Morgan fingerprint density at radius 3 is 3.14 bits per heavy atom. The van der Waals surface area contributed by atoms with Gasteiger partial charge in [0.2, 0.25) is 0 Å². The Hall–Kier alpha value is -0.500. The van der Waals surface area contributed by atoms with Gasteiger partial charge in [0, 0.05) is 0 Å². The normalized spacial score (nSPS) is 48.8. The molecule has 6 heteroatoms. The smallest absolute Gasteiger partial charge is 0.252 e. The molecule has 0 aromatic carbocycles. The molecule has 0 N–H and O–H groups in total. The van der Waals surface area contributed by atoms with Gasteiger partial charge in [0.15, 0.2) is 0 Å². The Bertz CT molecular complexity index is 358. The number of carbonyl (C=O) groups is 1. The topological polar surface area (TPSA) is 59.0 Å². The number of fused-ring (bicyclic) bond motifs is 1. The van der Waals surface area contributed by atoms with Crippen molar-refractivity contribution in [2.45, 2.75) is 15.6 Å². The van der Waals surface area contributed by atoms with Crippen LogP contribution in [0.4, 0.5) is 0 Å². The van der Waals surface area contributed by atoms with Crippen LogP contribution in [0.2, 0.25) is 0 Å². The van der Waals surface area contributed by atoms with E-state index in [9.17, 15) is 9.70 Å². The van der Waals surface area contributed by atoms with Crippen molar-refractivity contribution >= 4 is 28.5 Å². The predicted molar refractivity (Wildman–Crippen MR) is 55.6 cm³/mol. The molecule has 2 fully saturated rings. The zero-order chi connectivity index (χ0) is 9.92. The van der Waals surface area contributed by atoms with Crippen LogP contribution in [0.15, 0.2) is 17.4 Å². The number of halogens is 1. The van der Waals surface area contributed by atoms with E-state index in [2.05, 4.69) is 27.9 Å². The van der Waals surface area contributed by atoms with Crippen LogP contribution >= 0.6 is 22.6 Å². The molecule has 1 amide bonds. The summed E-state index contributed by atoms with van der Waals surface area (Å²) >= 11 is 2.21. The quantitative estimate of drug-likeness (QED) is 0.309. The summed E-state index contributed by atoms with van der Waals surface area (Å²) in [7, 11) is 0. The first kappa shape index (κ1) is 8.78.